The van der Waals surface area contributed by atoms with Crippen LogP contribution in [0.25, 0.3) is 0 Å². The lowest BCUT2D eigenvalue weighted by atomic mass is 10.0. The van der Waals surface area contributed by atoms with Gasteiger partial charge in [-0.3, -0.25) is 4.79 Å². The Morgan fingerprint density at radius 2 is 2.00 bits per heavy atom. The van der Waals surface area contributed by atoms with Gasteiger partial charge in [0, 0.05) is 24.7 Å². The maximum atomic E-state index is 12.0. The lowest BCUT2D eigenvalue weighted by Gasteiger charge is -2.38. The predicted molar refractivity (Wildman–Crippen MR) is 68.4 cm³/mol. The summed E-state index contributed by atoms with van der Waals surface area (Å²) in [7, 11) is 0. The van der Waals surface area contributed by atoms with Crippen molar-refractivity contribution in [2.24, 2.45) is 0 Å². The van der Waals surface area contributed by atoms with Crippen LogP contribution in [0, 0.1) is 13.8 Å². The number of piperazine rings is 1. The number of aryl methyl sites for hydroxylation is 2. The first-order valence-corrected chi connectivity index (χ1v) is 6.24. The Balaban J connectivity index is 2.16. The second-order valence-corrected chi connectivity index (χ2v) is 5.25. The van der Waals surface area contributed by atoms with Crippen LogP contribution in [0.15, 0.2) is 12.1 Å². The van der Waals surface area contributed by atoms with E-state index in [1.165, 1.54) is 22.4 Å². The number of amides is 1. The summed E-state index contributed by atoms with van der Waals surface area (Å²) in [6, 6.07) is 4.72. The molecule has 2 heterocycles. The SMILES string of the molecule is Cc1ccc(C)c2c1C[C@H]1C(=O)NC[C@@H](C)N21. The van der Waals surface area contributed by atoms with Gasteiger partial charge in [-0.2, -0.15) is 0 Å². The number of rotatable bonds is 0. The van der Waals surface area contributed by atoms with Crippen molar-refractivity contribution < 1.29 is 4.79 Å². The lowest BCUT2D eigenvalue weighted by molar-refractivity contribution is -0.123. The van der Waals surface area contributed by atoms with E-state index in [9.17, 15) is 4.79 Å². The van der Waals surface area contributed by atoms with Crippen LogP contribution in [0.1, 0.15) is 23.6 Å². The first-order valence-electron chi connectivity index (χ1n) is 6.24. The molecule has 17 heavy (non-hydrogen) atoms. The number of hydrogen-bond donors (Lipinski definition) is 1. The average molecular weight is 230 g/mol. The van der Waals surface area contributed by atoms with Crippen molar-refractivity contribution in [3.05, 3.63) is 28.8 Å². The van der Waals surface area contributed by atoms with E-state index in [0.717, 1.165) is 13.0 Å². The van der Waals surface area contributed by atoms with Crippen LogP contribution in [-0.2, 0) is 11.2 Å². The highest BCUT2D eigenvalue weighted by molar-refractivity contribution is 5.90. The number of carbonyl (C=O) groups is 1. The molecule has 1 aromatic carbocycles. The molecule has 3 nitrogen and oxygen atoms in total. The summed E-state index contributed by atoms with van der Waals surface area (Å²) in [4.78, 5) is 14.3. The van der Waals surface area contributed by atoms with Gasteiger partial charge in [0.25, 0.3) is 0 Å². The molecule has 0 spiro atoms. The van der Waals surface area contributed by atoms with E-state index < -0.39 is 0 Å². The molecule has 1 N–H and O–H groups in total. The van der Waals surface area contributed by atoms with Gasteiger partial charge in [-0.25, -0.2) is 0 Å². The number of fused-ring (bicyclic) bond motifs is 3. The van der Waals surface area contributed by atoms with Gasteiger partial charge in [-0.05, 0) is 37.5 Å². The monoisotopic (exact) mass is 230 g/mol. The van der Waals surface area contributed by atoms with Crippen LogP contribution in [0.2, 0.25) is 0 Å². The molecule has 0 unspecified atom stereocenters. The van der Waals surface area contributed by atoms with Crippen molar-refractivity contribution in [3.63, 3.8) is 0 Å². The molecule has 1 aromatic rings. The highest BCUT2D eigenvalue weighted by atomic mass is 16.2. The summed E-state index contributed by atoms with van der Waals surface area (Å²) >= 11 is 0. The Morgan fingerprint density at radius 3 is 2.76 bits per heavy atom. The fraction of sp³-hybridized carbons (Fsp3) is 0.500. The third kappa shape index (κ3) is 1.38. The van der Waals surface area contributed by atoms with Gasteiger partial charge in [0.1, 0.15) is 6.04 Å². The van der Waals surface area contributed by atoms with Gasteiger partial charge in [-0.15, -0.1) is 0 Å². The van der Waals surface area contributed by atoms with E-state index >= 15 is 0 Å². The normalized spacial score (nSPS) is 26.5. The Labute approximate surface area is 102 Å². The summed E-state index contributed by atoms with van der Waals surface area (Å²) in [5.74, 6) is 0.179. The van der Waals surface area contributed by atoms with Gasteiger partial charge in [0.15, 0.2) is 0 Å². The largest absolute Gasteiger partial charge is 0.354 e. The quantitative estimate of drug-likeness (QED) is 0.733. The number of benzene rings is 1. The van der Waals surface area contributed by atoms with Gasteiger partial charge >= 0.3 is 0 Å². The summed E-state index contributed by atoms with van der Waals surface area (Å²) in [6.45, 7) is 7.21. The smallest absolute Gasteiger partial charge is 0.243 e. The molecule has 0 aromatic heterocycles. The minimum atomic E-state index is 0.00792. The molecule has 0 aliphatic carbocycles. The number of nitrogens with zero attached hydrogens (tertiary/aromatic N) is 1. The molecule has 0 saturated carbocycles. The number of nitrogens with one attached hydrogen (secondary N) is 1. The van der Waals surface area contributed by atoms with Crippen molar-refractivity contribution in [1.82, 2.24) is 5.32 Å². The molecular formula is C14H18N2O. The van der Waals surface area contributed by atoms with Crippen LogP contribution in [0.3, 0.4) is 0 Å². The van der Waals surface area contributed by atoms with E-state index in [1.54, 1.807) is 0 Å². The molecule has 3 heteroatoms. The first kappa shape index (κ1) is 10.6. The maximum absolute atomic E-state index is 12.0. The molecule has 2 aliphatic heterocycles. The van der Waals surface area contributed by atoms with Gasteiger partial charge < -0.3 is 10.2 Å². The second kappa shape index (κ2) is 3.49. The van der Waals surface area contributed by atoms with Gasteiger partial charge in [-0.1, -0.05) is 12.1 Å². The second-order valence-electron chi connectivity index (χ2n) is 5.25. The summed E-state index contributed by atoms with van der Waals surface area (Å²) < 4.78 is 0. The Kier molecular flexibility index (Phi) is 2.18. The standard InChI is InChI=1S/C14H18N2O/c1-8-4-5-9(2)13-11(8)6-12-14(17)15-7-10(3)16(12)13/h4-5,10,12H,6-7H2,1-3H3,(H,15,17)/t10-,12+/m1/s1. The van der Waals surface area contributed by atoms with E-state index in [1.807, 2.05) is 0 Å². The number of anilines is 1. The van der Waals surface area contributed by atoms with E-state index in [-0.39, 0.29) is 11.9 Å². The molecule has 1 saturated heterocycles. The highest BCUT2D eigenvalue weighted by Crippen LogP contribution is 2.39. The summed E-state index contributed by atoms with van der Waals surface area (Å²) in [5.41, 5.74) is 5.26. The molecule has 0 bridgehead atoms. The van der Waals surface area contributed by atoms with Crippen LogP contribution in [-0.4, -0.2) is 24.5 Å². The summed E-state index contributed by atoms with van der Waals surface area (Å²) in [5, 5.41) is 3.00. The molecule has 2 aliphatic rings. The maximum Gasteiger partial charge on any atom is 0.243 e. The zero-order chi connectivity index (χ0) is 12.2. The van der Waals surface area contributed by atoms with E-state index in [4.69, 9.17) is 0 Å². The minimum absolute atomic E-state index is 0.00792. The van der Waals surface area contributed by atoms with Crippen LogP contribution in [0.4, 0.5) is 5.69 Å². The molecule has 1 amide bonds. The average Bonchev–Trinajstić information content (AvgIpc) is 2.71. The van der Waals surface area contributed by atoms with Crippen molar-refractivity contribution in [2.45, 2.75) is 39.3 Å². The van der Waals surface area contributed by atoms with E-state index in [0.29, 0.717) is 6.04 Å². The van der Waals surface area contributed by atoms with Gasteiger partial charge in [0.05, 0.1) is 0 Å². The molecule has 3 rings (SSSR count). The van der Waals surface area contributed by atoms with Crippen molar-refractivity contribution >= 4 is 11.6 Å². The fourth-order valence-electron chi connectivity index (χ4n) is 3.13. The van der Waals surface area contributed by atoms with Crippen molar-refractivity contribution in [3.8, 4) is 0 Å². The topological polar surface area (TPSA) is 32.3 Å². The Morgan fingerprint density at radius 1 is 1.29 bits per heavy atom. The highest BCUT2D eigenvalue weighted by Gasteiger charge is 2.41. The van der Waals surface area contributed by atoms with Crippen LogP contribution < -0.4 is 10.2 Å². The molecule has 90 valence electrons. The molecule has 1 fully saturated rings. The molecular weight excluding hydrogens is 212 g/mol. The zero-order valence-corrected chi connectivity index (χ0v) is 10.6. The van der Waals surface area contributed by atoms with Crippen LogP contribution >= 0.6 is 0 Å². The van der Waals surface area contributed by atoms with Crippen molar-refractivity contribution in [2.75, 3.05) is 11.4 Å². The van der Waals surface area contributed by atoms with Crippen molar-refractivity contribution in [1.29, 1.82) is 0 Å². The fourth-order valence-corrected chi connectivity index (χ4v) is 3.13. The minimum Gasteiger partial charge on any atom is -0.354 e. The third-order valence-electron chi connectivity index (χ3n) is 4.06. The molecule has 2 atom stereocenters. The Hall–Kier alpha value is -1.51. The zero-order valence-electron chi connectivity index (χ0n) is 10.6. The Bertz CT molecular complexity index is 495. The van der Waals surface area contributed by atoms with Gasteiger partial charge in [0.2, 0.25) is 5.91 Å². The van der Waals surface area contributed by atoms with E-state index in [2.05, 4.69) is 43.1 Å². The predicted octanol–water partition coefficient (Wildman–Crippen LogP) is 1.55. The number of carbonyl (C=O) groups excluding carboxylic acids is 1. The van der Waals surface area contributed by atoms with Crippen LogP contribution in [0.5, 0.6) is 0 Å². The molecule has 0 radical (unpaired) electrons. The third-order valence-corrected chi connectivity index (χ3v) is 4.06. The number of hydrogen-bond acceptors (Lipinski definition) is 2. The lowest BCUT2D eigenvalue weighted by Crippen LogP contribution is -2.58. The first-order chi connectivity index (χ1) is 8.09. The summed E-state index contributed by atoms with van der Waals surface area (Å²) in [6.07, 6.45) is 0.860.